The zero-order chi connectivity index (χ0) is 21.6. The number of rotatable bonds is 7. The summed E-state index contributed by atoms with van der Waals surface area (Å²) >= 11 is 0. The normalized spacial score (nSPS) is 11.8. The van der Waals surface area contributed by atoms with Crippen molar-refractivity contribution in [3.05, 3.63) is 71.9 Å². The van der Waals surface area contributed by atoms with Gasteiger partial charge in [0.05, 0.1) is 17.6 Å². The first kappa shape index (κ1) is 20.7. The minimum atomic E-state index is 0.442. The highest BCUT2D eigenvalue weighted by molar-refractivity contribution is 5.79. The molecule has 0 spiro atoms. The number of para-hydroxylation sites is 2. The summed E-state index contributed by atoms with van der Waals surface area (Å²) in [7, 11) is 0. The number of fused-ring (bicyclic) bond motifs is 1. The van der Waals surface area contributed by atoms with Gasteiger partial charge in [-0.25, -0.2) is 15.0 Å². The third kappa shape index (κ3) is 4.94. The van der Waals surface area contributed by atoms with E-state index in [4.69, 9.17) is 4.42 Å². The molecular formula is C24H28N6O. The molecule has 31 heavy (non-hydrogen) atoms. The number of hydrogen-bond acceptors (Lipinski definition) is 4. The van der Waals surface area contributed by atoms with Gasteiger partial charge in [0.1, 0.15) is 17.8 Å². The first-order valence-electron chi connectivity index (χ1n) is 10.6. The Labute approximate surface area is 182 Å². The van der Waals surface area contributed by atoms with Crippen LogP contribution in [0.1, 0.15) is 24.0 Å². The van der Waals surface area contributed by atoms with E-state index < -0.39 is 0 Å². The number of oxazole rings is 1. The highest BCUT2D eigenvalue weighted by atomic mass is 16.3. The fraction of sp³-hybridized carbons (Fsp3) is 0.292. The molecule has 2 aromatic carbocycles. The third-order valence-electron chi connectivity index (χ3n) is 5.07. The standard InChI is InChI=1S/C24H28N6O/c1-4-25-24(26-13-14-30-18(3)28-21-7-5-6-8-22(21)30)27-15-20-16-31-23(29-20)19-11-9-17(2)10-12-19/h5-12,16H,4,13-15H2,1-3H3,(H2,25,26,27). The number of nitrogens with zero attached hydrogens (tertiary/aromatic N) is 4. The van der Waals surface area contributed by atoms with E-state index in [1.807, 2.05) is 37.3 Å². The van der Waals surface area contributed by atoms with Gasteiger partial charge >= 0.3 is 0 Å². The van der Waals surface area contributed by atoms with Gasteiger partial charge in [0.25, 0.3) is 0 Å². The smallest absolute Gasteiger partial charge is 0.226 e. The van der Waals surface area contributed by atoms with Crippen LogP contribution in [0.2, 0.25) is 0 Å². The molecule has 4 aromatic rings. The summed E-state index contributed by atoms with van der Waals surface area (Å²) in [6.45, 7) is 8.92. The monoisotopic (exact) mass is 416 g/mol. The number of benzene rings is 2. The summed E-state index contributed by atoms with van der Waals surface area (Å²) in [6.07, 6.45) is 1.67. The predicted octanol–water partition coefficient (Wildman–Crippen LogP) is 4.06. The number of aliphatic imine (C=N–C) groups is 1. The molecule has 0 unspecified atom stereocenters. The zero-order valence-electron chi connectivity index (χ0n) is 18.2. The Balaban J connectivity index is 1.38. The molecule has 0 aliphatic rings. The van der Waals surface area contributed by atoms with Crippen molar-refractivity contribution in [1.82, 2.24) is 25.2 Å². The molecule has 160 valence electrons. The van der Waals surface area contributed by atoms with E-state index in [0.717, 1.165) is 53.7 Å². The van der Waals surface area contributed by atoms with Crippen LogP contribution in [0, 0.1) is 13.8 Å². The van der Waals surface area contributed by atoms with Crippen LogP contribution in [0.4, 0.5) is 0 Å². The summed E-state index contributed by atoms with van der Waals surface area (Å²) in [5.41, 5.74) is 5.14. The average molecular weight is 417 g/mol. The van der Waals surface area contributed by atoms with Gasteiger partial charge in [-0.15, -0.1) is 0 Å². The van der Waals surface area contributed by atoms with Crippen molar-refractivity contribution in [2.75, 3.05) is 13.1 Å². The van der Waals surface area contributed by atoms with Gasteiger partial charge in [-0.1, -0.05) is 29.8 Å². The van der Waals surface area contributed by atoms with Crippen LogP contribution in [0.25, 0.3) is 22.5 Å². The van der Waals surface area contributed by atoms with Gasteiger partial charge in [-0.3, -0.25) is 0 Å². The van der Waals surface area contributed by atoms with E-state index in [-0.39, 0.29) is 0 Å². The number of aromatic nitrogens is 3. The Morgan fingerprint density at radius 3 is 2.65 bits per heavy atom. The fourth-order valence-corrected chi connectivity index (χ4v) is 3.47. The molecule has 0 radical (unpaired) electrons. The van der Waals surface area contributed by atoms with Gasteiger partial charge in [-0.05, 0) is 45.0 Å². The Kier molecular flexibility index (Phi) is 6.31. The van der Waals surface area contributed by atoms with Crippen LogP contribution in [0.3, 0.4) is 0 Å². The quantitative estimate of drug-likeness (QED) is 0.351. The molecule has 0 aliphatic heterocycles. The van der Waals surface area contributed by atoms with Crippen molar-refractivity contribution in [3.8, 4) is 11.5 Å². The fourth-order valence-electron chi connectivity index (χ4n) is 3.47. The minimum absolute atomic E-state index is 0.442. The number of aryl methyl sites for hydroxylation is 2. The van der Waals surface area contributed by atoms with Gasteiger partial charge in [0.2, 0.25) is 5.89 Å². The van der Waals surface area contributed by atoms with Crippen molar-refractivity contribution < 1.29 is 4.42 Å². The highest BCUT2D eigenvalue weighted by Crippen LogP contribution is 2.19. The first-order chi connectivity index (χ1) is 15.1. The lowest BCUT2D eigenvalue weighted by molar-refractivity contribution is 0.572. The number of nitrogens with one attached hydrogen (secondary N) is 2. The Hall–Kier alpha value is -3.61. The molecule has 0 aliphatic carbocycles. The highest BCUT2D eigenvalue weighted by Gasteiger charge is 2.08. The molecule has 0 saturated carbocycles. The lowest BCUT2D eigenvalue weighted by Gasteiger charge is -2.12. The van der Waals surface area contributed by atoms with Gasteiger partial charge in [0, 0.05) is 25.2 Å². The Morgan fingerprint density at radius 1 is 1.03 bits per heavy atom. The predicted molar refractivity (Wildman–Crippen MR) is 124 cm³/mol. The lowest BCUT2D eigenvalue weighted by Crippen LogP contribution is -2.38. The molecule has 0 fully saturated rings. The molecule has 2 heterocycles. The Morgan fingerprint density at radius 2 is 1.84 bits per heavy atom. The molecular weight excluding hydrogens is 388 g/mol. The van der Waals surface area contributed by atoms with E-state index in [0.29, 0.717) is 12.4 Å². The van der Waals surface area contributed by atoms with E-state index in [1.165, 1.54) is 5.56 Å². The van der Waals surface area contributed by atoms with Crippen molar-refractivity contribution >= 4 is 17.0 Å². The second-order valence-corrected chi connectivity index (χ2v) is 7.43. The molecule has 0 bridgehead atoms. The molecule has 7 nitrogen and oxygen atoms in total. The van der Waals surface area contributed by atoms with Gasteiger partial charge < -0.3 is 19.6 Å². The molecule has 0 saturated heterocycles. The number of guanidine groups is 1. The van der Waals surface area contributed by atoms with Crippen LogP contribution in [0.5, 0.6) is 0 Å². The summed E-state index contributed by atoms with van der Waals surface area (Å²) in [5, 5.41) is 6.68. The molecule has 0 amide bonds. The summed E-state index contributed by atoms with van der Waals surface area (Å²) in [5.74, 6) is 2.38. The lowest BCUT2D eigenvalue weighted by atomic mass is 10.1. The topological polar surface area (TPSA) is 80.3 Å². The van der Waals surface area contributed by atoms with Crippen molar-refractivity contribution in [2.45, 2.75) is 33.9 Å². The van der Waals surface area contributed by atoms with Crippen LogP contribution >= 0.6 is 0 Å². The van der Waals surface area contributed by atoms with Crippen LogP contribution in [0.15, 0.2) is 64.2 Å². The first-order valence-corrected chi connectivity index (χ1v) is 10.6. The summed E-state index contributed by atoms with van der Waals surface area (Å²) in [4.78, 5) is 13.8. The van der Waals surface area contributed by atoms with Crippen molar-refractivity contribution in [2.24, 2.45) is 4.99 Å². The van der Waals surface area contributed by atoms with E-state index in [9.17, 15) is 0 Å². The van der Waals surface area contributed by atoms with Crippen molar-refractivity contribution in [1.29, 1.82) is 0 Å². The molecule has 2 aromatic heterocycles. The molecule has 7 heteroatoms. The average Bonchev–Trinajstić information content (AvgIpc) is 3.37. The van der Waals surface area contributed by atoms with Crippen LogP contribution in [-0.4, -0.2) is 33.6 Å². The maximum absolute atomic E-state index is 5.64. The maximum atomic E-state index is 5.64. The number of imidazole rings is 1. The molecule has 4 rings (SSSR count). The summed E-state index contributed by atoms with van der Waals surface area (Å²) in [6, 6.07) is 16.3. The number of hydrogen-bond donors (Lipinski definition) is 2. The SMILES string of the molecule is CCNC(=NCc1coc(-c2ccc(C)cc2)n1)NCCn1c(C)nc2ccccc21. The largest absolute Gasteiger partial charge is 0.444 e. The van der Waals surface area contributed by atoms with Gasteiger partial charge in [0.15, 0.2) is 5.96 Å². The van der Waals surface area contributed by atoms with Gasteiger partial charge in [-0.2, -0.15) is 0 Å². The third-order valence-corrected chi connectivity index (χ3v) is 5.07. The van der Waals surface area contributed by atoms with E-state index in [2.05, 4.69) is 62.2 Å². The molecule has 2 N–H and O–H groups in total. The second kappa shape index (κ2) is 9.47. The van der Waals surface area contributed by atoms with Crippen LogP contribution < -0.4 is 10.6 Å². The minimum Gasteiger partial charge on any atom is -0.444 e. The Bertz CT molecular complexity index is 1170. The second-order valence-electron chi connectivity index (χ2n) is 7.43. The maximum Gasteiger partial charge on any atom is 0.226 e. The van der Waals surface area contributed by atoms with E-state index >= 15 is 0 Å². The molecule has 0 atom stereocenters. The van der Waals surface area contributed by atoms with E-state index in [1.54, 1.807) is 6.26 Å². The zero-order valence-corrected chi connectivity index (χ0v) is 18.2. The van der Waals surface area contributed by atoms with Crippen LogP contribution in [-0.2, 0) is 13.1 Å². The summed E-state index contributed by atoms with van der Waals surface area (Å²) < 4.78 is 7.86. The van der Waals surface area contributed by atoms with Crippen molar-refractivity contribution in [3.63, 3.8) is 0 Å².